The standard InChI is InChI=1S/C23H30ClN3O3S/c1-4-5-13-26(20-12-14-31(29,30)16-20)23(28)11-10-21-17(2)25-27(18(21)3)15-19-8-6-7-9-22(19)24/h6-11,20H,4-5,12-16H2,1-3H3. The third-order valence-electron chi connectivity index (χ3n) is 5.79. The fourth-order valence-corrected chi connectivity index (χ4v) is 5.89. The molecule has 0 radical (unpaired) electrons. The average molecular weight is 464 g/mol. The predicted molar refractivity (Wildman–Crippen MR) is 125 cm³/mol. The van der Waals surface area contributed by atoms with Gasteiger partial charge < -0.3 is 4.90 Å². The summed E-state index contributed by atoms with van der Waals surface area (Å²) in [5.41, 5.74) is 3.66. The van der Waals surface area contributed by atoms with Crippen LogP contribution < -0.4 is 0 Å². The lowest BCUT2D eigenvalue weighted by molar-refractivity contribution is -0.127. The number of nitrogens with zero attached hydrogens (tertiary/aromatic N) is 3. The van der Waals surface area contributed by atoms with E-state index in [-0.39, 0.29) is 23.5 Å². The van der Waals surface area contributed by atoms with Crippen molar-refractivity contribution in [2.75, 3.05) is 18.1 Å². The number of benzene rings is 1. The molecule has 1 saturated heterocycles. The van der Waals surface area contributed by atoms with E-state index in [9.17, 15) is 13.2 Å². The normalized spacial score (nSPS) is 18.0. The molecule has 0 spiro atoms. The minimum Gasteiger partial charge on any atom is -0.335 e. The first kappa shape index (κ1) is 23.5. The molecular formula is C23H30ClN3O3S. The van der Waals surface area contributed by atoms with Gasteiger partial charge in [0.25, 0.3) is 0 Å². The van der Waals surface area contributed by atoms with Crippen LogP contribution in [0.4, 0.5) is 0 Å². The summed E-state index contributed by atoms with van der Waals surface area (Å²) in [5, 5.41) is 5.31. The molecular weight excluding hydrogens is 434 g/mol. The number of aromatic nitrogens is 2. The van der Waals surface area contributed by atoms with Gasteiger partial charge in [-0.25, -0.2) is 8.42 Å². The highest BCUT2D eigenvalue weighted by Crippen LogP contribution is 2.22. The highest BCUT2D eigenvalue weighted by atomic mass is 35.5. The number of hydrogen-bond donors (Lipinski definition) is 0. The van der Waals surface area contributed by atoms with Crippen LogP contribution in [-0.2, 0) is 21.2 Å². The first-order valence-electron chi connectivity index (χ1n) is 10.7. The number of halogens is 1. The second-order valence-corrected chi connectivity index (χ2v) is 10.7. The van der Waals surface area contributed by atoms with Crippen LogP contribution in [0.15, 0.2) is 30.3 Å². The van der Waals surface area contributed by atoms with Gasteiger partial charge in [-0.3, -0.25) is 9.48 Å². The molecule has 1 aliphatic rings. The van der Waals surface area contributed by atoms with Gasteiger partial charge in [-0.15, -0.1) is 0 Å². The van der Waals surface area contributed by atoms with Gasteiger partial charge in [-0.1, -0.05) is 43.1 Å². The van der Waals surface area contributed by atoms with Gasteiger partial charge in [0.15, 0.2) is 9.84 Å². The molecule has 8 heteroatoms. The molecule has 1 aromatic heterocycles. The zero-order chi connectivity index (χ0) is 22.6. The maximum absolute atomic E-state index is 13.0. The molecule has 6 nitrogen and oxygen atoms in total. The SMILES string of the molecule is CCCCN(C(=O)C=Cc1c(C)nn(Cc2ccccc2Cl)c1C)C1CCS(=O)(=O)C1. The Balaban J connectivity index is 1.78. The number of unbranched alkanes of at least 4 members (excludes halogenated alkanes) is 1. The van der Waals surface area contributed by atoms with E-state index in [0.717, 1.165) is 35.4 Å². The summed E-state index contributed by atoms with van der Waals surface area (Å²) in [6, 6.07) is 7.43. The fraction of sp³-hybridized carbons (Fsp3) is 0.478. The van der Waals surface area contributed by atoms with Crippen LogP contribution in [-0.4, -0.2) is 53.1 Å². The first-order valence-corrected chi connectivity index (χ1v) is 12.9. The Morgan fingerprint density at radius 1 is 1.32 bits per heavy atom. The van der Waals surface area contributed by atoms with Crippen LogP contribution in [0, 0.1) is 13.8 Å². The summed E-state index contributed by atoms with van der Waals surface area (Å²) in [6.07, 6.45) is 5.66. The molecule has 1 atom stereocenters. The quantitative estimate of drug-likeness (QED) is 0.554. The number of sulfone groups is 1. The molecule has 168 valence electrons. The smallest absolute Gasteiger partial charge is 0.246 e. The summed E-state index contributed by atoms with van der Waals surface area (Å²) in [4.78, 5) is 14.7. The molecule has 1 aliphatic heterocycles. The van der Waals surface area contributed by atoms with Crippen molar-refractivity contribution in [2.45, 2.75) is 52.6 Å². The highest BCUT2D eigenvalue weighted by Gasteiger charge is 2.33. The number of rotatable bonds is 8. The molecule has 0 bridgehead atoms. The highest BCUT2D eigenvalue weighted by molar-refractivity contribution is 7.91. The summed E-state index contributed by atoms with van der Waals surface area (Å²) < 4.78 is 25.7. The zero-order valence-corrected chi connectivity index (χ0v) is 19.9. The lowest BCUT2D eigenvalue weighted by atomic mass is 10.1. The van der Waals surface area contributed by atoms with Crippen LogP contribution in [0.25, 0.3) is 6.08 Å². The number of carbonyl (C=O) groups excluding carboxylic acids is 1. The van der Waals surface area contributed by atoms with Crippen LogP contribution in [0.1, 0.15) is 48.7 Å². The Kier molecular flexibility index (Phi) is 7.59. The van der Waals surface area contributed by atoms with Crippen molar-refractivity contribution in [1.29, 1.82) is 0 Å². The van der Waals surface area contributed by atoms with Crippen LogP contribution in [0.3, 0.4) is 0 Å². The molecule has 0 N–H and O–H groups in total. The summed E-state index contributed by atoms with van der Waals surface area (Å²) in [7, 11) is -3.05. The molecule has 0 saturated carbocycles. The zero-order valence-electron chi connectivity index (χ0n) is 18.3. The lowest BCUT2D eigenvalue weighted by Gasteiger charge is -2.27. The number of amides is 1. The average Bonchev–Trinajstić information content (AvgIpc) is 3.21. The van der Waals surface area contributed by atoms with Crippen molar-refractivity contribution in [3.8, 4) is 0 Å². The Morgan fingerprint density at radius 3 is 2.71 bits per heavy atom. The summed E-state index contributed by atoms with van der Waals surface area (Å²) in [6.45, 7) is 7.07. The Morgan fingerprint density at radius 2 is 2.06 bits per heavy atom. The minimum absolute atomic E-state index is 0.0596. The van der Waals surface area contributed by atoms with Gasteiger partial charge in [0.2, 0.25) is 5.91 Å². The first-order chi connectivity index (χ1) is 14.7. The molecule has 0 aliphatic carbocycles. The van der Waals surface area contributed by atoms with E-state index in [1.165, 1.54) is 0 Å². The summed E-state index contributed by atoms with van der Waals surface area (Å²) in [5.74, 6) is 0.0715. The third-order valence-corrected chi connectivity index (χ3v) is 7.91. The van der Waals surface area contributed by atoms with E-state index in [1.54, 1.807) is 17.1 Å². The molecule has 1 fully saturated rings. The molecule has 3 rings (SSSR count). The summed E-state index contributed by atoms with van der Waals surface area (Å²) >= 11 is 6.29. The van der Waals surface area contributed by atoms with E-state index in [4.69, 9.17) is 11.6 Å². The number of aryl methyl sites for hydroxylation is 1. The van der Waals surface area contributed by atoms with Crippen molar-refractivity contribution in [3.05, 3.63) is 57.9 Å². The van der Waals surface area contributed by atoms with E-state index >= 15 is 0 Å². The van der Waals surface area contributed by atoms with E-state index in [2.05, 4.69) is 12.0 Å². The minimum atomic E-state index is -3.05. The maximum atomic E-state index is 13.0. The fourth-order valence-electron chi connectivity index (χ4n) is 3.97. The molecule has 1 aromatic carbocycles. The number of carbonyl (C=O) groups is 1. The van der Waals surface area contributed by atoms with Crippen molar-refractivity contribution in [3.63, 3.8) is 0 Å². The molecule has 1 amide bonds. The molecule has 31 heavy (non-hydrogen) atoms. The van der Waals surface area contributed by atoms with Gasteiger partial charge in [0, 0.05) is 34.9 Å². The van der Waals surface area contributed by atoms with Gasteiger partial charge in [0.05, 0.1) is 23.7 Å². The Labute approximate surface area is 189 Å². The van der Waals surface area contributed by atoms with Gasteiger partial charge in [-0.05, 0) is 44.4 Å². The van der Waals surface area contributed by atoms with Crippen molar-refractivity contribution in [1.82, 2.24) is 14.7 Å². The number of hydrogen-bond acceptors (Lipinski definition) is 4. The third kappa shape index (κ3) is 5.77. The predicted octanol–water partition coefficient (Wildman–Crippen LogP) is 4.03. The van der Waals surface area contributed by atoms with Crippen molar-refractivity contribution < 1.29 is 13.2 Å². The van der Waals surface area contributed by atoms with Gasteiger partial charge in [0.1, 0.15) is 0 Å². The maximum Gasteiger partial charge on any atom is 0.246 e. The second kappa shape index (κ2) is 10.0. The topological polar surface area (TPSA) is 72.3 Å². The largest absolute Gasteiger partial charge is 0.335 e. The molecule has 2 aromatic rings. The van der Waals surface area contributed by atoms with Crippen molar-refractivity contribution in [2.24, 2.45) is 0 Å². The Hall–Kier alpha value is -2.12. The van der Waals surface area contributed by atoms with E-state index < -0.39 is 9.84 Å². The van der Waals surface area contributed by atoms with E-state index in [1.807, 2.05) is 42.8 Å². The second-order valence-electron chi connectivity index (χ2n) is 8.11. The molecule has 1 unspecified atom stereocenters. The van der Waals surface area contributed by atoms with Crippen LogP contribution in [0.5, 0.6) is 0 Å². The van der Waals surface area contributed by atoms with E-state index in [0.29, 0.717) is 24.5 Å². The van der Waals surface area contributed by atoms with Gasteiger partial charge >= 0.3 is 0 Å². The molecule has 2 heterocycles. The van der Waals surface area contributed by atoms with Crippen molar-refractivity contribution >= 4 is 33.4 Å². The monoisotopic (exact) mass is 463 g/mol. The lowest BCUT2D eigenvalue weighted by Crippen LogP contribution is -2.40. The Bertz CT molecular complexity index is 1080. The van der Waals surface area contributed by atoms with Crippen LogP contribution >= 0.6 is 11.6 Å². The van der Waals surface area contributed by atoms with Crippen LogP contribution in [0.2, 0.25) is 5.02 Å². The van der Waals surface area contributed by atoms with Gasteiger partial charge in [-0.2, -0.15) is 5.10 Å².